The third-order valence-electron chi connectivity index (χ3n) is 3.75. The second-order valence-corrected chi connectivity index (χ2v) is 5.81. The minimum Gasteiger partial charge on any atom is -0.370 e. The molecular formula is C13H23O3Si. The highest BCUT2D eigenvalue weighted by Crippen LogP contribution is 2.41. The van der Waals surface area contributed by atoms with Crippen LogP contribution in [-0.4, -0.2) is 41.1 Å². The van der Waals surface area contributed by atoms with Gasteiger partial charge in [0.2, 0.25) is 0 Å². The molecule has 2 rings (SSSR count). The molecule has 0 amide bonds. The molecule has 97 valence electrons. The van der Waals surface area contributed by atoms with Crippen molar-refractivity contribution >= 4 is 10.2 Å². The standard InChI is InChI=1S/C13H23O3Si/c1-3-14-13(17,15-4-2)8-7-10-5-6-11-12(9-10)16-11/h10-12H,3-9H2,1-2H3. The first kappa shape index (κ1) is 13.5. The maximum atomic E-state index is 5.66. The molecule has 3 radical (unpaired) electrons. The predicted molar refractivity (Wildman–Crippen MR) is 67.0 cm³/mol. The van der Waals surface area contributed by atoms with Crippen LogP contribution in [-0.2, 0) is 14.2 Å². The van der Waals surface area contributed by atoms with Gasteiger partial charge in [0.25, 0.3) is 0 Å². The Labute approximate surface area is 108 Å². The SMILES string of the molecule is CCOC([Si])(CCC1CCC2OC2C1)OCC. The van der Waals surface area contributed by atoms with Crippen molar-refractivity contribution in [3.63, 3.8) is 0 Å². The third kappa shape index (κ3) is 3.78. The Morgan fingerprint density at radius 2 is 1.88 bits per heavy atom. The van der Waals surface area contributed by atoms with Crippen LogP contribution < -0.4 is 0 Å². The van der Waals surface area contributed by atoms with E-state index in [0.717, 1.165) is 18.8 Å². The summed E-state index contributed by atoms with van der Waals surface area (Å²) in [6, 6.07) is 0. The van der Waals surface area contributed by atoms with Gasteiger partial charge in [-0.15, -0.1) is 0 Å². The Balaban J connectivity index is 1.73. The van der Waals surface area contributed by atoms with Gasteiger partial charge in [-0.1, -0.05) is 0 Å². The Morgan fingerprint density at radius 1 is 1.18 bits per heavy atom. The van der Waals surface area contributed by atoms with Crippen LogP contribution in [0.5, 0.6) is 0 Å². The highest BCUT2D eigenvalue weighted by Gasteiger charge is 2.44. The van der Waals surface area contributed by atoms with Gasteiger partial charge in [-0.25, -0.2) is 0 Å². The third-order valence-corrected chi connectivity index (χ3v) is 4.29. The summed E-state index contributed by atoms with van der Waals surface area (Å²) in [5.74, 6) is 0.774. The van der Waals surface area contributed by atoms with Crippen LogP contribution in [0.25, 0.3) is 0 Å². The van der Waals surface area contributed by atoms with Crippen LogP contribution in [0, 0.1) is 5.92 Å². The molecule has 1 saturated heterocycles. The zero-order valence-electron chi connectivity index (χ0n) is 10.9. The highest BCUT2D eigenvalue weighted by atomic mass is 28.1. The number of ether oxygens (including phenoxy) is 3. The van der Waals surface area contributed by atoms with Gasteiger partial charge in [0.05, 0.1) is 12.2 Å². The second-order valence-electron chi connectivity index (χ2n) is 5.05. The molecule has 2 aliphatic rings. The van der Waals surface area contributed by atoms with Gasteiger partial charge < -0.3 is 14.2 Å². The van der Waals surface area contributed by atoms with Gasteiger partial charge in [-0.2, -0.15) is 0 Å². The zero-order chi connectivity index (χ0) is 12.3. The molecule has 2 fully saturated rings. The Morgan fingerprint density at radius 3 is 2.47 bits per heavy atom. The summed E-state index contributed by atoms with van der Waals surface area (Å²) in [7, 11) is 3.64. The monoisotopic (exact) mass is 255 g/mol. The minimum atomic E-state index is -0.579. The lowest BCUT2D eigenvalue weighted by atomic mass is 9.86. The van der Waals surface area contributed by atoms with Crippen molar-refractivity contribution in [1.82, 2.24) is 0 Å². The molecular weight excluding hydrogens is 232 g/mol. The van der Waals surface area contributed by atoms with Crippen LogP contribution in [0.4, 0.5) is 0 Å². The van der Waals surface area contributed by atoms with Crippen molar-refractivity contribution in [2.24, 2.45) is 5.92 Å². The molecule has 0 aromatic rings. The maximum absolute atomic E-state index is 5.66. The fourth-order valence-corrected chi connectivity index (χ4v) is 3.23. The summed E-state index contributed by atoms with van der Waals surface area (Å²) in [6.07, 6.45) is 6.99. The van der Waals surface area contributed by atoms with Crippen molar-refractivity contribution in [3.8, 4) is 0 Å². The van der Waals surface area contributed by atoms with E-state index in [0.29, 0.717) is 25.4 Å². The Hall–Kier alpha value is 0.0969. The van der Waals surface area contributed by atoms with Gasteiger partial charge >= 0.3 is 0 Å². The van der Waals surface area contributed by atoms with Gasteiger partial charge in [-0.05, 0) is 51.9 Å². The molecule has 1 saturated carbocycles. The van der Waals surface area contributed by atoms with Crippen molar-refractivity contribution in [2.75, 3.05) is 13.2 Å². The van der Waals surface area contributed by atoms with Crippen LogP contribution in [0.15, 0.2) is 0 Å². The quantitative estimate of drug-likeness (QED) is 0.397. The van der Waals surface area contributed by atoms with Gasteiger partial charge in [0.1, 0.15) is 15.7 Å². The fourth-order valence-electron chi connectivity index (χ4n) is 2.80. The van der Waals surface area contributed by atoms with Crippen LogP contribution in [0.1, 0.15) is 46.0 Å². The van der Waals surface area contributed by atoms with Crippen molar-refractivity contribution in [1.29, 1.82) is 0 Å². The van der Waals surface area contributed by atoms with E-state index >= 15 is 0 Å². The average Bonchev–Trinajstić information content (AvgIpc) is 3.05. The summed E-state index contributed by atoms with van der Waals surface area (Å²) in [6.45, 7) is 5.33. The molecule has 0 bridgehead atoms. The normalized spacial score (nSPS) is 32.3. The van der Waals surface area contributed by atoms with E-state index in [4.69, 9.17) is 14.2 Å². The van der Waals surface area contributed by atoms with Crippen LogP contribution in [0.2, 0.25) is 0 Å². The molecule has 17 heavy (non-hydrogen) atoms. The Kier molecular flexibility index (Phi) is 4.63. The summed E-state index contributed by atoms with van der Waals surface area (Å²) in [5, 5.41) is 0. The number of hydrogen-bond donors (Lipinski definition) is 0. The largest absolute Gasteiger partial charge is 0.370 e. The molecule has 1 heterocycles. The van der Waals surface area contributed by atoms with E-state index in [-0.39, 0.29) is 0 Å². The number of epoxide rings is 1. The molecule has 0 spiro atoms. The van der Waals surface area contributed by atoms with Crippen LogP contribution >= 0.6 is 0 Å². The van der Waals surface area contributed by atoms with Crippen molar-refractivity contribution in [2.45, 2.75) is 63.6 Å². The van der Waals surface area contributed by atoms with E-state index in [9.17, 15) is 0 Å². The van der Waals surface area contributed by atoms with Crippen LogP contribution in [0.3, 0.4) is 0 Å². The first-order valence-electron chi connectivity index (χ1n) is 6.85. The average molecular weight is 255 g/mol. The highest BCUT2D eigenvalue weighted by molar-refractivity contribution is 6.13. The van der Waals surface area contributed by atoms with Gasteiger partial charge in [-0.3, -0.25) is 0 Å². The maximum Gasteiger partial charge on any atom is 0.144 e. The molecule has 3 atom stereocenters. The summed E-state index contributed by atoms with van der Waals surface area (Å²) in [4.78, 5) is 0. The van der Waals surface area contributed by atoms with Crippen molar-refractivity contribution < 1.29 is 14.2 Å². The fraction of sp³-hybridized carbons (Fsp3) is 1.00. The van der Waals surface area contributed by atoms with E-state index < -0.39 is 5.41 Å². The Bertz CT molecular complexity index is 241. The first-order valence-corrected chi connectivity index (χ1v) is 7.35. The lowest BCUT2D eigenvalue weighted by Gasteiger charge is -2.31. The molecule has 0 aromatic carbocycles. The van der Waals surface area contributed by atoms with E-state index in [1.807, 2.05) is 13.8 Å². The van der Waals surface area contributed by atoms with Crippen molar-refractivity contribution in [3.05, 3.63) is 0 Å². The lowest BCUT2D eigenvalue weighted by molar-refractivity contribution is -0.178. The second kappa shape index (κ2) is 5.82. The predicted octanol–water partition coefficient (Wildman–Crippen LogP) is 2.23. The molecule has 3 unspecified atom stereocenters. The lowest BCUT2D eigenvalue weighted by Crippen LogP contribution is -2.37. The molecule has 1 aliphatic heterocycles. The molecule has 3 nitrogen and oxygen atoms in total. The number of hydrogen-bond acceptors (Lipinski definition) is 3. The molecule has 1 aliphatic carbocycles. The first-order chi connectivity index (χ1) is 8.17. The summed E-state index contributed by atoms with van der Waals surface area (Å²) < 4.78 is 16.9. The zero-order valence-corrected chi connectivity index (χ0v) is 11.9. The van der Waals surface area contributed by atoms with E-state index in [1.165, 1.54) is 19.3 Å². The smallest absolute Gasteiger partial charge is 0.144 e. The topological polar surface area (TPSA) is 31.0 Å². The number of rotatable bonds is 7. The molecule has 0 N–H and O–H groups in total. The van der Waals surface area contributed by atoms with E-state index in [2.05, 4.69) is 10.2 Å². The van der Waals surface area contributed by atoms with E-state index in [1.54, 1.807) is 0 Å². The van der Waals surface area contributed by atoms with Gasteiger partial charge in [0, 0.05) is 13.2 Å². The summed E-state index contributed by atoms with van der Waals surface area (Å²) >= 11 is 0. The summed E-state index contributed by atoms with van der Waals surface area (Å²) in [5.41, 5.74) is -0.579. The number of fused-ring (bicyclic) bond motifs is 1. The minimum absolute atomic E-state index is 0.567. The molecule has 4 heteroatoms. The molecule has 0 aromatic heterocycles. The van der Waals surface area contributed by atoms with Gasteiger partial charge in [0.15, 0.2) is 0 Å².